The lowest BCUT2D eigenvalue weighted by Gasteiger charge is -2.12. The molecule has 0 bridgehead atoms. The van der Waals surface area contributed by atoms with Gasteiger partial charge in [-0.2, -0.15) is 0 Å². The molecule has 1 saturated carbocycles. The topological polar surface area (TPSA) is 73.3 Å². The zero-order valence-electron chi connectivity index (χ0n) is 15.9. The maximum atomic E-state index is 5.74. The van der Waals surface area contributed by atoms with Crippen molar-refractivity contribution >= 4 is 29.9 Å². The van der Waals surface area contributed by atoms with E-state index in [1.54, 1.807) is 0 Å². The first-order valence-corrected chi connectivity index (χ1v) is 9.47. The van der Waals surface area contributed by atoms with Crippen molar-refractivity contribution in [3.63, 3.8) is 0 Å². The van der Waals surface area contributed by atoms with Crippen LogP contribution in [0.4, 0.5) is 0 Å². The van der Waals surface area contributed by atoms with Crippen LogP contribution in [0, 0.1) is 5.92 Å². The number of fused-ring (bicyclic) bond motifs is 1. The van der Waals surface area contributed by atoms with Gasteiger partial charge in [0.1, 0.15) is 12.4 Å². The van der Waals surface area contributed by atoms with E-state index in [1.165, 1.54) is 12.8 Å². The molecule has 1 aromatic rings. The average Bonchev–Trinajstić information content (AvgIpc) is 3.36. The molecule has 27 heavy (non-hydrogen) atoms. The molecular weight excluding hydrogens is 461 g/mol. The first-order chi connectivity index (χ1) is 12.8. The van der Waals surface area contributed by atoms with E-state index in [1.807, 2.05) is 18.2 Å². The van der Waals surface area contributed by atoms with Gasteiger partial charge >= 0.3 is 0 Å². The van der Waals surface area contributed by atoms with Crippen molar-refractivity contribution in [2.24, 2.45) is 10.9 Å². The molecule has 0 unspecified atom stereocenters. The molecule has 7 nitrogen and oxygen atoms in total. The molecule has 0 radical (unpaired) electrons. The van der Waals surface area contributed by atoms with E-state index in [9.17, 15) is 0 Å². The first kappa shape index (κ1) is 21.9. The SMILES string of the molecule is CCNC(=NCCCOCC1CC1)NCCOc1ccc2c(c1)OCO2.I. The van der Waals surface area contributed by atoms with Crippen LogP contribution >= 0.6 is 24.0 Å². The average molecular weight is 491 g/mol. The van der Waals surface area contributed by atoms with Crippen LogP contribution in [-0.2, 0) is 4.74 Å². The first-order valence-electron chi connectivity index (χ1n) is 9.47. The summed E-state index contributed by atoms with van der Waals surface area (Å²) in [6, 6.07) is 5.60. The van der Waals surface area contributed by atoms with E-state index in [4.69, 9.17) is 18.9 Å². The van der Waals surface area contributed by atoms with Gasteiger partial charge in [0.15, 0.2) is 17.5 Å². The van der Waals surface area contributed by atoms with Crippen molar-refractivity contribution in [1.29, 1.82) is 0 Å². The minimum Gasteiger partial charge on any atom is -0.492 e. The Hall–Kier alpha value is -1.42. The molecule has 0 saturated heterocycles. The van der Waals surface area contributed by atoms with Gasteiger partial charge in [-0.1, -0.05) is 0 Å². The number of hydrogen-bond acceptors (Lipinski definition) is 5. The third-order valence-corrected chi connectivity index (χ3v) is 4.12. The van der Waals surface area contributed by atoms with Crippen LogP contribution < -0.4 is 24.8 Å². The van der Waals surface area contributed by atoms with Crippen LogP contribution in [0.25, 0.3) is 0 Å². The number of nitrogens with one attached hydrogen (secondary N) is 2. The second kappa shape index (κ2) is 12.1. The minimum atomic E-state index is 0. The summed E-state index contributed by atoms with van der Waals surface area (Å²) < 4.78 is 22.0. The van der Waals surface area contributed by atoms with Crippen LogP contribution in [0.3, 0.4) is 0 Å². The lowest BCUT2D eigenvalue weighted by Crippen LogP contribution is -2.39. The molecule has 0 aromatic heterocycles. The van der Waals surface area contributed by atoms with Gasteiger partial charge in [-0.25, -0.2) is 0 Å². The third kappa shape index (κ3) is 8.00. The number of benzene rings is 1. The minimum absolute atomic E-state index is 0. The third-order valence-electron chi connectivity index (χ3n) is 4.12. The van der Waals surface area contributed by atoms with Crippen LogP contribution in [0.2, 0.25) is 0 Å². The predicted octanol–water partition coefficient (Wildman–Crippen LogP) is 2.78. The van der Waals surface area contributed by atoms with E-state index in [2.05, 4.69) is 22.5 Å². The zero-order chi connectivity index (χ0) is 18.0. The molecule has 2 N–H and O–H groups in total. The smallest absolute Gasteiger partial charge is 0.231 e. The Bertz CT molecular complexity index is 596. The summed E-state index contributed by atoms with van der Waals surface area (Å²) in [7, 11) is 0. The van der Waals surface area contributed by atoms with E-state index in [-0.39, 0.29) is 30.8 Å². The summed E-state index contributed by atoms with van der Waals surface area (Å²) in [5.41, 5.74) is 0. The molecular formula is C19H30IN3O4. The lowest BCUT2D eigenvalue weighted by atomic mass is 10.3. The number of hydrogen-bond donors (Lipinski definition) is 2. The molecule has 8 heteroatoms. The van der Waals surface area contributed by atoms with Crippen molar-refractivity contribution < 1.29 is 18.9 Å². The van der Waals surface area contributed by atoms with Crippen LogP contribution in [0.1, 0.15) is 26.2 Å². The second-order valence-electron chi connectivity index (χ2n) is 6.42. The van der Waals surface area contributed by atoms with Gasteiger partial charge in [0, 0.05) is 32.4 Å². The van der Waals surface area contributed by atoms with Crippen molar-refractivity contribution in [1.82, 2.24) is 10.6 Å². The fraction of sp³-hybridized carbons (Fsp3) is 0.632. The van der Waals surface area contributed by atoms with Crippen LogP contribution in [0.5, 0.6) is 17.2 Å². The van der Waals surface area contributed by atoms with Gasteiger partial charge in [-0.15, -0.1) is 24.0 Å². The summed E-state index contributed by atoms with van der Waals surface area (Å²) in [5, 5.41) is 6.52. The highest BCUT2D eigenvalue weighted by Crippen LogP contribution is 2.35. The van der Waals surface area contributed by atoms with Crippen molar-refractivity contribution in [3.8, 4) is 17.2 Å². The summed E-state index contributed by atoms with van der Waals surface area (Å²) in [6.07, 6.45) is 3.61. The molecule has 0 atom stereocenters. The van der Waals surface area contributed by atoms with E-state index in [0.717, 1.165) is 61.9 Å². The Kier molecular flexibility index (Phi) is 9.82. The van der Waals surface area contributed by atoms with Gasteiger partial charge in [-0.05, 0) is 44.2 Å². The number of rotatable bonds is 11. The van der Waals surface area contributed by atoms with Crippen molar-refractivity contribution in [3.05, 3.63) is 18.2 Å². The maximum Gasteiger partial charge on any atom is 0.231 e. The van der Waals surface area contributed by atoms with Crippen LogP contribution in [0.15, 0.2) is 23.2 Å². The van der Waals surface area contributed by atoms with Gasteiger partial charge in [0.2, 0.25) is 6.79 Å². The largest absolute Gasteiger partial charge is 0.492 e. The number of guanidine groups is 1. The molecule has 1 heterocycles. The van der Waals surface area contributed by atoms with Gasteiger partial charge in [0.05, 0.1) is 6.54 Å². The van der Waals surface area contributed by atoms with Crippen molar-refractivity contribution in [2.75, 3.05) is 46.2 Å². The molecule has 0 amide bonds. The van der Waals surface area contributed by atoms with Gasteiger partial charge in [-0.3, -0.25) is 4.99 Å². The standard InChI is InChI=1S/C19H29N3O4.HI/c1-2-20-19(21-8-3-10-23-13-15-4-5-15)22-9-11-24-16-6-7-17-18(12-16)26-14-25-17;/h6-7,12,15H,2-5,8-11,13-14H2,1H3,(H2,20,21,22);1H. The monoisotopic (exact) mass is 491 g/mol. The van der Waals surface area contributed by atoms with E-state index in [0.29, 0.717) is 13.2 Å². The van der Waals surface area contributed by atoms with Crippen molar-refractivity contribution in [2.45, 2.75) is 26.2 Å². The number of aliphatic imine (C=N–C) groups is 1. The fourth-order valence-electron chi connectivity index (χ4n) is 2.54. The molecule has 1 fully saturated rings. The predicted molar refractivity (Wildman–Crippen MR) is 116 cm³/mol. The maximum absolute atomic E-state index is 5.74. The summed E-state index contributed by atoms with van der Waals surface area (Å²) in [5.74, 6) is 3.89. The number of nitrogens with zero attached hydrogens (tertiary/aromatic N) is 1. The Morgan fingerprint density at radius 2 is 2.04 bits per heavy atom. The van der Waals surface area contributed by atoms with Crippen LogP contribution in [-0.4, -0.2) is 52.2 Å². The molecule has 3 rings (SSSR count). The Morgan fingerprint density at radius 1 is 1.19 bits per heavy atom. The normalized spacial score (nSPS) is 15.2. The summed E-state index contributed by atoms with van der Waals surface area (Å²) in [6.45, 7) is 6.81. The van der Waals surface area contributed by atoms with E-state index >= 15 is 0 Å². The lowest BCUT2D eigenvalue weighted by molar-refractivity contribution is 0.123. The molecule has 2 aliphatic rings. The Balaban J connectivity index is 0.00000261. The van der Waals surface area contributed by atoms with Gasteiger partial charge in [0.25, 0.3) is 0 Å². The highest BCUT2D eigenvalue weighted by molar-refractivity contribution is 14.0. The van der Waals surface area contributed by atoms with Gasteiger partial charge < -0.3 is 29.6 Å². The molecule has 1 aliphatic heterocycles. The highest BCUT2D eigenvalue weighted by Gasteiger charge is 2.20. The number of ether oxygens (including phenoxy) is 4. The second-order valence-corrected chi connectivity index (χ2v) is 6.42. The van der Waals surface area contributed by atoms with E-state index < -0.39 is 0 Å². The Labute approximate surface area is 178 Å². The number of halogens is 1. The quantitative estimate of drug-likeness (QED) is 0.215. The fourth-order valence-corrected chi connectivity index (χ4v) is 2.54. The Morgan fingerprint density at radius 3 is 2.85 bits per heavy atom. The molecule has 1 aromatic carbocycles. The molecule has 152 valence electrons. The highest BCUT2D eigenvalue weighted by atomic mass is 127. The molecule has 1 aliphatic carbocycles. The zero-order valence-corrected chi connectivity index (χ0v) is 18.2. The molecule has 0 spiro atoms. The summed E-state index contributed by atoms with van der Waals surface area (Å²) >= 11 is 0. The summed E-state index contributed by atoms with van der Waals surface area (Å²) in [4.78, 5) is 4.56.